The van der Waals surface area contributed by atoms with Crippen molar-refractivity contribution < 1.29 is 33.6 Å². The third-order valence-corrected chi connectivity index (χ3v) is 8.80. The first kappa shape index (κ1) is 30.5. The second kappa shape index (κ2) is 12.5. The topological polar surface area (TPSA) is 113 Å². The van der Waals surface area contributed by atoms with Crippen molar-refractivity contribution in [1.82, 2.24) is 9.80 Å². The molecule has 11 nitrogen and oxygen atoms in total. The van der Waals surface area contributed by atoms with Crippen LogP contribution in [0.1, 0.15) is 66.7 Å². The number of anilines is 1. The van der Waals surface area contributed by atoms with E-state index in [0.717, 1.165) is 36.8 Å². The van der Waals surface area contributed by atoms with E-state index in [1.807, 2.05) is 32.5 Å². The minimum absolute atomic E-state index is 0.0669. The zero-order chi connectivity index (χ0) is 31.8. The molecule has 0 spiro atoms. The van der Waals surface area contributed by atoms with Crippen LogP contribution in [-0.2, 0) is 0 Å². The third kappa shape index (κ3) is 5.72. The number of hydrogen-bond donors (Lipinski definition) is 1. The van der Waals surface area contributed by atoms with Gasteiger partial charge in [-0.2, -0.15) is 0 Å². The van der Waals surface area contributed by atoms with Gasteiger partial charge in [-0.15, -0.1) is 0 Å². The van der Waals surface area contributed by atoms with Crippen LogP contribution in [0.25, 0.3) is 0 Å². The Morgan fingerprint density at radius 3 is 2.09 bits per heavy atom. The number of hydrogen-bond acceptors (Lipinski definition) is 9. The average molecular weight is 617 g/mol. The van der Waals surface area contributed by atoms with Crippen molar-refractivity contribution in [2.45, 2.75) is 64.3 Å². The summed E-state index contributed by atoms with van der Waals surface area (Å²) in [5, 5.41) is 11.0. The Hall–Kier alpha value is -4.51. The highest BCUT2D eigenvalue weighted by molar-refractivity contribution is 6.04. The van der Waals surface area contributed by atoms with Gasteiger partial charge in [0, 0.05) is 37.8 Å². The summed E-state index contributed by atoms with van der Waals surface area (Å²) in [7, 11) is 4.90. The van der Waals surface area contributed by atoms with Crippen LogP contribution in [0, 0.1) is 0 Å². The number of aliphatic hydroxyl groups is 1. The number of carbonyl (C=O) groups excluding carboxylic acids is 2. The lowest BCUT2D eigenvalue weighted by molar-refractivity contribution is 0.0590. The van der Waals surface area contributed by atoms with Gasteiger partial charge in [0.1, 0.15) is 6.23 Å². The summed E-state index contributed by atoms with van der Waals surface area (Å²) < 4.78 is 23.3. The van der Waals surface area contributed by atoms with E-state index in [1.54, 1.807) is 60.2 Å². The Morgan fingerprint density at radius 1 is 0.800 bits per heavy atom. The normalized spacial score (nSPS) is 21.7. The van der Waals surface area contributed by atoms with Crippen LogP contribution in [-0.4, -0.2) is 85.7 Å². The molecule has 0 radical (unpaired) electrons. The molecule has 3 atom stereocenters. The van der Waals surface area contributed by atoms with E-state index in [4.69, 9.17) is 18.9 Å². The first-order valence-corrected chi connectivity index (χ1v) is 15.3. The van der Waals surface area contributed by atoms with Crippen molar-refractivity contribution >= 4 is 29.4 Å². The maximum absolute atomic E-state index is 13.4. The maximum Gasteiger partial charge on any atom is 0.260 e. The van der Waals surface area contributed by atoms with Gasteiger partial charge in [0.05, 0.1) is 62.0 Å². The quantitative estimate of drug-likeness (QED) is 0.369. The number of benzene rings is 2. The molecular weight excluding hydrogens is 576 g/mol. The summed E-state index contributed by atoms with van der Waals surface area (Å²) in [5.41, 5.74) is 4.33. The van der Waals surface area contributed by atoms with E-state index in [9.17, 15) is 14.7 Å². The Labute approximate surface area is 263 Å². The van der Waals surface area contributed by atoms with Crippen LogP contribution in [0.15, 0.2) is 52.8 Å². The molecule has 4 aliphatic heterocycles. The highest BCUT2D eigenvalue weighted by Crippen LogP contribution is 2.41. The standard InChI is InChI=1S/C34H40N4O7/c1-20-11-22-17-35-25-15-30(28(42-4)13-23(25)32(39)37(22)18-20)44-9-7-6-8-10-45-31-16-26-24(14-29(31)43-5)33(40)38-19-21(2)12-27(38)34(41)36(26)3/h13-19,22,27,34,41H,6-12H2,1-5H3. The number of amides is 2. The molecular formula is C34H40N4O7. The molecule has 0 aromatic heterocycles. The van der Waals surface area contributed by atoms with E-state index in [1.165, 1.54) is 0 Å². The lowest BCUT2D eigenvalue weighted by Gasteiger charge is -2.31. The van der Waals surface area contributed by atoms with Crippen LogP contribution < -0.4 is 23.8 Å². The monoisotopic (exact) mass is 616 g/mol. The van der Waals surface area contributed by atoms with E-state index < -0.39 is 6.23 Å². The number of aliphatic hydroxyl groups excluding tert-OH is 1. The highest BCUT2D eigenvalue weighted by atomic mass is 16.5. The van der Waals surface area contributed by atoms with E-state index in [-0.39, 0.29) is 23.9 Å². The smallest absolute Gasteiger partial charge is 0.260 e. The minimum Gasteiger partial charge on any atom is -0.493 e. The molecule has 1 N–H and O–H groups in total. The van der Waals surface area contributed by atoms with Crippen LogP contribution in [0.2, 0.25) is 0 Å². The van der Waals surface area contributed by atoms with Crippen molar-refractivity contribution in [2.24, 2.45) is 4.99 Å². The zero-order valence-corrected chi connectivity index (χ0v) is 26.4. The third-order valence-electron chi connectivity index (χ3n) is 8.80. The van der Waals surface area contributed by atoms with Crippen molar-refractivity contribution in [3.8, 4) is 23.0 Å². The molecule has 2 amide bonds. The summed E-state index contributed by atoms with van der Waals surface area (Å²) in [4.78, 5) is 36.3. The van der Waals surface area contributed by atoms with Crippen molar-refractivity contribution in [3.63, 3.8) is 0 Å². The van der Waals surface area contributed by atoms with E-state index in [0.29, 0.717) is 65.1 Å². The second-order valence-corrected chi connectivity index (χ2v) is 12.0. The molecule has 45 heavy (non-hydrogen) atoms. The fourth-order valence-corrected chi connectivity index (χ4v) is 6.39. The van der Waals surface area contributed by atoms with Gasteiger partial charge in [0.15, 0.2) is 23.0 Å². The van der Waals surface area contributed by atoms with Crippen molar-refractivity contribution in [2.75, 3.05) is 39.4 Å². The Kier molecular flexibility index (Phi) is 8.46. The fourth-order valence-electron chi connectivity index (χ4n) is 6.39. The van der Waals surface area contributed by atoms with Gasteiger partial charge >= 0.3 is 0 Å². The van der Waals surface area contributed by atoms with Gasteiger partial charge in [-0.3, -0.25) is 14.6 Å². The molecule has 3 unspecified atom stereocenters. The average Bonchev–Trinajstić information content (AvgIpc) is 3.58. The summed E-state index contributed by atoms with van der Waals surface area (Å²) in [6, 6.07) is 6.55. The maximum atomic E-state index is 13.4. The van der Waals surface area contributed by atoms with Gasteiger partial charge < -0.3 is 38.8 Å². The molecule has 4 aliphatic rings. The molecule has 0 aliphatic carbocycles. The number of methoxy groups -OCH3 is 2. The predicted molar refractivity (Wildman–Crippen MR) is 170 cm³/mol. The number of rotatable bonds is 10. The number of carbonyl (C=O) groups is 2. The minimum atomic E-state index is -0.852. The number of fused-ring (bicyclic) bond motifs is 4. The van der Waals surface area contributed by atoms with Crippen LogP contribution in [0.4, 0.5) is 11.4 Å². The summed E-state index contributed by atoms with van der Waals surface area (Å²) in [6.45, 7) is 4.88. The fraction of sp³-hybridized carbons (Fsp3) is 0.441. The molecule has 238 valence electrons. The van der Waals surface area contributed by atoms with E-state index >= 15 is 0 Å². The summed E-state index contributed by atoms with van der Waals surface area (Å²) in [6.07, 6.45) is 8.48. The number of ether oxygens (including phenoxy) is 4. The lowest BCUT2D eigenvalue weighted by Crippen LogP contribution is -2.46. The van der Waals surface area contributed by atoms with Crippen LogP contribution in [0.5, 0.6) is 23.0 Å². The van der Waals surface area contributed by atoms with Crippen molar-refractivity contribution in [1.29, 1.82) is 0 Å². The van der Waals surface area contributed by atoms with Crippen LogP contribution in [0.3, 0.4) is 0 Å². The molecule has 0 fully saturated rings. The first-order valence-electron chi connectivity index (χ1n) is 15.3. The Balaban J connectivity index is 1.04. The molecule has 11 heteroatoms. The van der Waals surface area contributed by atoms with E-state index in [2.05, 4.69) is 4.99 Å². The molecule has 2 aromatic rings. The van der Waals surface area contributed by atoms with Crippen LogP contribution >= 0.6 is 0 Å². The molecule has 0 bridgehead atoms. The summed E-state index contributed by atoms with van der Waals surface area (Å²) in [5.74, 6) is 1.76. The highest BCUT2D eigenvalue weighted by Gasteiger charge is 2.41. The van der Waals surface area contributed by atoms with Gasteiger partial charge in [-0.1, -0.05) is 11.1 Å². The summed E-state index contributed by atoms with van der Waals surface area (Å²) >= 11 is 0. The number of aliphatic imine (C=N–C) groups is 1. The molecule has 2 aromatic carbocycles. The molecule has 0 saturated heterocycles. The Bertz CT molecular complexity index is 1600. The van der Waals surface area contributed by atoms with Gasteiger partial charge in [0.2, 0.25) is 0 Å². The van der Waals surface area contributed by atoms with Gasteiger partial charge in [-0.25, -0.2) is 0 Å². The number of likely N-dealkylation sites (N-methyl/N-ethyl adjacent to an activating group) is 1. The molecule has 6 rings (SSSR count). The largest absolute Gasteiger partial charge is 0.493 e. The lowest BCUT2D eigenvalue weighted by atomic mass is 10.1. The zero-order valence-electron chi connectivity index (χ0n) is 26.4. The number of unbranched alkanes of at least 4 members (excludes halogenated alkanes) is 2. The molecule has 4 heterocycles. The SMILES string of the molecule is COc1cc2c(cc1OCCCCCOc1cc3c(cc1OC)C(=O)N1C=C(C)CC1C(O)N3C)N=CC1CC(C)=CN1C2=O. The first-order chi connectivity index (χ1) is 21.7. The second-order valence-electron chi connectivity index (χ2n) is 12.0. The number of nitrogens with zero attached hydrogens (tertiary/aromatic N) is 4. The van der Waals surface area contributed by atoms with Gasteiger partial charge in [0.25, 0.3) is 11.8 Å². The van der Waals surface area contributed by atoms with Crippen molar-refractivity contribution in [3.05, 3.63) is 58.9 Å². The Morgan fingerprint density at radius 2 is 1.40 bits per heavy atom. The van der Waals surface area contributed by atoms with Gasteiger partial charge in [-0.05, 0) is 58.1 Å². The predicted octanol–water partition coefficient (Wildman–Crippen LogP) is 5.05. The molecule has 0 saturated carbocycles.